The molecule has 1 aliphatic rings. The molecule has 5 nitrogen and oxygen atoms in total. The molecule has 0 unspecified atom stereocenters. The molecule has 1 aliphatic carbocycles. The topological polar surface area (TPSA) is 72.9 Å². The summed E-state index contributed by atoms with van der Waals surface area (Å²) < 4.78 is 15.2. The molecule has 29 heavy (non-hydrogen) atoms. The largest absolute Gasteiger partial charge is 0.348 e. The maximum Gasteiger partial charge on any atom is 0.252 e. The SMILES string of the molecule is Cc1cnn(C)c1C1=C(Cl)C=C(C(=O)N[C@H](CN)Cc2cccc(F)c2)C(=S)C1. The summed E-state index contributed by atoms with van der Waals surface area (Å²) >= 11 is 12.0. The third-order valence-electron chi connectivity index (χ3n) is 4.84. The number of rotatable bonds is 6. The van der Waals surface area contributed by atoms with E-state index in [-0.39, 0.29) is 24.3 Å². The number of halogens is 2. The Bertz CT molecular complexity index is 1010. The molecule has 0 fully saturated rings. The lowest BCUT2D eigenvalue weighted by Crippen LogP contribution is -2.43. The van der Waals surface area contributed by atoms with Gasteiger partial charge >= 0.3 is 0 Å². The number of amides is 1. The van der Waals surface area contributed by atoms with Crippen LogP contribution in [0, 0.1) is 12.7 Å². The summed E-state index contributed by atoms with van der Waals surface area (Å²) in [5.41, 5.74) is 9.66. The smallest absolute Gasteiger partial charge is 0.252 e. The van der Waals surface area contributed by atoms with E-state index in [1.165, 1.54) is 12.1 Å². The highest BCUT2D eigenvalue weighted by molar-refractivity contribution is 7.81. The fourth-order valence-corrected chi connectivity index (χ4v) is 3.97. The van der Waals surface area contributed by atoms with E-state index in [0.29, 0.717) is 28.3 Å². The Morgan fingerprint density at radius 3 is 2.86 bits per heavy atom. The molecule has 1 aromatic heterocycles. The van der Waals surface area contributed by atoms with E-state index < -0.39 is 0 Å². The predicted octanol–water partition coefficient (Wildman–Crippen LogP) is 3.20. The van der Waals surface area contributed by atoms with Gasteiger partial charge < -0.3 is 11.1 Å². The molecular weight excluding hydrogens is 411 g/mol. The molecule has 8 heteroatoms. The van der Waals surface area contributed by atoms with Crippen LogP contribution in [0.4, 0.5) is 4.39 Å². The first-order valence-corrected chi connectivity index (χ1v) is 9.96. The van der Waals surface area contributed by atoms with E-state index in [4.69, 9.17) is 29.6 Å². The van der Waals surface area contributed by atoms with Crippen LogP contribution in [0.15, 0.2) is 47.1 Å². The van der Waals surface area contributed by atoms with Gasteiger partial charge in [0.25, 0.3) is 5.91 Å². The van der Waals surface area contributed by atoms with Crippen LogP contribution in [0.2, 0.25) is 0 Å². The first kappa shape index (κ1) is 21.4. The average molecular weight is 433 g/mol. The number of hydrogen-bond acceptors (Lipinski definition) is 4. The highest BCUT2D eigenvalue weighted by atomic mass is 35.5. The molecule has 1 aromatic carbocycles. The van der Waals surface area contributed by atoms with Crippen molar-refractivity contribution in [1.82, 2.24) is 15.1 Å². The summed E-state index contributed by atoms with van der Waals surface area (Å²) in [7, 11) is 1.84. The summed E-state index contributed by atoms with van der Waals surface area (Å²) in [5, 5.41) is 7.59. The Balaban J connectivity index is 1.79. The van der Waals surface area contributed by atoms with E-state index in [1.54, 1.807) is 29.1 Å². The molecule has 0 saturated heterocycles. The fraction of sp³-hybridized carbons (Fsp3) is 0.286. The molecule has 1 heterocycles. The number of aromatic nitrogens is 2. The third kappa shape index (κ3) is 4.80. The van der Waals surface area contributed by atoms with Crippen LogP contribution < -0.4 is 11.1 Å². The third-order valence-corrected chi connectivity index (χ3v) is 5.54. The second-order valence-electron chi connectivity index (χ2n) is 7.02. The Morgan fingerprint density at radius 2 is 2.24 bits per heavy atom. The van der Waals surface area contributed by atoms with Gasteiger partial charge in [0.05, 0.1) is 17.5 Å². The lowest BCUT2D eigenvalue weighted by atomic mass is 9.93. The van der Waals surface area contributed by atoms with Crippen molar-refractivity contribution in [2.45, 2.75) is 25.8 Å². The van der Waals surface area contributed by atoms with Crippen molar-refractivity contribution < 1.29 is 9.18 Å². The van der Waals surface area contributed by atoms with Gasteiger partial charge in [0.1, 0.15) is 5.82 Å². The molecule has 0 radical (unpaired) electrons. The van der Waals surface area contributed by atoms with Crippen molar-refractivity contribution in [2.24, 2.45) is 12.8 Å². The van der Waals surface area contributed by atoms with Gasteiger partial charge in [0.15, 0.2) is 0 Å². The number of nitrogens with one attached hydrogen (secondary N) is 1. The molecule has 0 spiro atoms. The van der Waals surface area contributed by atoms with Gasteiger partial charge in [-0.1, -0.05) is 36.0 Å². The van der Waals surface area contributed by atoms with Crippen molar-refractivity contribution in [3.05, 3.63) is 69.8 Å². The number of hydrogen-bond donors (Lipinski definition) is 2. The first-order valence-electron chi connectivity index (χ1n) is 9.18. The molecule has 2 aromatic rings. The highest BCUT2D eigenvalue weighted by Crippen LogP contribution is 2.33. The number of benzene rings is 1. The summed E-state index contributed by atoms with van der Waals surface area (Å²) in [5.74, 6) is -0.656. The van der Waals surface area contributed by atoms with Crippen molar-refractivity contribution in [3.63, 3.8) is 0 Å². The maximum atomic E-state index is 13.4. The molecule has 0 saturated carbocycles. The molecule has 0 bridgehead atoms. The van der Waals surface area contributed by atoms with Crippen molar-refractivity contribution in [3.8, 4) is 0 Å². The minimum Gasteiger partial charge on any atom is -0.348 e. The van der Waals surface area contributed by atoms with Gasteiger partial charge in [-0.25, -0.2) is 4.39 Å². The van der Waals surface area contributed by atoms with Gasteiger partial charge in [-0.05, 0) is 42.7 Å². The Labute approximate surface area is 179 Å². The van der Waals surface area contributed by atoms with Crippen LogP contribution >= 0.6 is 23.8 Å². The highest BCUT2D eigenvalue weighted by Gasteiger charge is 2.26. The predicted molar refractivity (Wildman–Crippen MR) is 117 cm³/mol. The number of allylic oxidation sites excluding steroid dienone is 3. The minimum absolute atomic E-state index is 0.214. The van der Waals surface area contributed by atoms with Gasteiger partial charge in [-0.15, -0.1) is 0 Å². The lowest BCUT2D eigenvalue weighted by molar-refractivity contribution is -0.117. The molecule has 3 N–H and O–H groups in total. The zero-order chi connectivity index (χ0) is 21.1. The lowest BCUT2D eigenvalue weighted by Gasteiger charge is -2.22. The number of carbonyl (C=O) groups is 1. The Kier molecular flexibility index (Phi) is 6.62. The number of aryl methyl sites for hydroxylation is 2. The van der Waals surface area contributed by atoms with E-state index >= 15 is 0 Å². The second kappa shape index (κ2) is 8.98. The van der Waals surface area contributed by atoms with Crippen LogP contribution in [-0.4, -0.2) is 33.1 Å². The average Bonchev–Trinajstić information content (AvgIpc) is 3.01. The maximum absolute atomic E-state index is 13.4. The molecular formula is C21H22ClFN4OS. The number of nitrogens with two attached hydrogens (primary N) is 1. The van der Waals surface area contributed by atoms with E-state index in [2.05, 4.69) is 10.4 Å². The summed E-state index contributed by atoms with van der Waals surface area (Å²) in [4.78, 5) is 13.3. The van der Waals surface area contributed by atoms with E-state index in [1.807, 2.05) is 14.0 Å². The minimum atomic E-state index is -0.350. The molecule has 1 atom stereocenters. The van der Waals surface area contributed by atoms with Crippen LogP contribution in [0.1, 0.15) is 23.2 Å². The van der Waals surface area contributed by atoms with Crippen molar-refractivity contribution in [1.29, 1.82) is 0 Å². The molecule has 1 amide bonds. The van der Waals surface area contributed by atoms with Gasteiger partial charge in [0, 0.05) is 41.5 Å². The van der Waals surface area contributed by atoms with Crippen LogP contribution in [-0.2, 0) is 18.3 Å². The summed E-state index contributed by atoms with van der Waals surface area (Å²) in [6.07, 6.45) is 4.16. The monoisotopic (exact) mass is 432 g/mol. The van der Waals surface area contributed by atoms with Gasteiger partial charge in [-0.3, -0.25) is 9.48 Å². The second-order valence-corrected chi connectivity index (χ2v) is 7.92. The normalized spacial score (nSPS) is 15.3. The van der Waals surface area contributed by atoms with Crippen LogP contribution in [0.3, 0.4) is 0 Å². The molecule has 152 valence electrons. The van der Waals surface area contributed by atoms with Crippen molar-refractivity contribution in [2.75, 3.05) is 6.54 Å². The summed E-state index contributed by atoms with van der Waals surface area (Å²) in [6.45, 7) is 2.16. The van der Waals surface area contributed by atoms with Crippen molar-refractivity contribution >= 4 is 40.2 Å². The van der Waals surface area contributed by atoms with Gasteiger partial charge in [-0.2, -0.15) is 5.10 Å². The van der Waals surface area contributed by atoms with E-state index in [9.17, 15) is 9.18 Å². The zero-order valence-corrected chi connectivity index (χ0v) is 17.8. The zero-order valence-electron chi connectivity index (χ0n) is 16.2. The van der Waals surface area contributed by atoms with Gasteiger partial charge in [0.2, 0.25) is 0 Å². The number of nitrogens with zero attached hydrogens (tertiary/aromatic N) is 2. The Morgan fingerprint density at radius 1 is 1.48 bits per heavy atom. The van der Waals surface area contributed by atoms with Crippen LogP contribution in [0.25, 0.3) is 5.57 Å². The van der Waals surface area contributed by atoms with Crippen LogP contribution in [0.5, 0.6) is 0 Å². The van der Waals surface area contributed by atoms with E-state index in [0.717, 1.165) is 22.4 Å². The summed E-state index contributed by atoms with van der Waals surface area (Å²) in [6, 6.07) is 5.88. The molecule has 3 rings (SSSR count). The first-order chi connectivity index (χ1) is 13.8. The molecule has 0 aliphatic heterocycles. The standard InChI is InChI=1S/C21H22ClFN4OS/c1-12-11-25-27(2)20(12)16-9-19(29)17(8-18(16)22)21(28)26-15(10-24)7-13-4-3-5-14(23)6-13/h3-6,8,11,15H,7,9-10,24H2,1-2H3,(H,26,28)/t15-/m0/s1. The number of carbonyl (C=O) groups excluding carboxylic acids is 1. The Hall–Kier alpha value is -2.35. The fourth-order valence-electron chi connectivity index (χ4n) is 3.41. The number of thiocarbonyl (C=S) groups is 1. The quantitative estimate of drug-likeness (QED) is 0.687.